The van der Waals surface area contributed by atoms with E-state index >= 15 is 0 Å². The molecule has 120 valence electrons. The average molecular weight is 313 g/mol. The van der Waals surface area contributed by atoms with Crippen molar-refractivity contribution in [1.82, 2.24) is 4.90 Å². The summed E-state index contributed by atoms with van der Waals surface area (Å²) in [5, 5.41) is 0. The molecular formula is C18H19NO4. The van der Waals surface area contributed by atoms with Gasteiger partial charge in [0.25, 0.3) is 0 Å². The van der Waals surface area contributed by atoms with Crippen LogP contribution >= 0.6 is 0 Å². The van der Waals surface area contributed by atoms with Gasteiger partial charge in [0, 0.05) is 0 Å². The molecule has 4 aliphatic rings. The predicted molar refractivity (Wildman–Crippen MR) is 80.4 cm³/mol. The number of methoxy groups -OCH3 is 1. The minimum absolute atomic E-state index is 0.0129. The fourth-order valence-corrected chi connectivity index (χ4v) is 4.99. The normalized spacial score (nSPS) is 40.1. The third-order valence-electron chi connectivity index (χ3n) is 6.24. The van der Waals surface area contributed by atoms with Crippen molar-refractivity contribution in [3.8, 4) is 5.75 Å². The molecule has 5 nitrogen and oxygen atoms in total. The molecule has 0 radical (unpaired) electrons. The Hall–Kier alpha value is -1.88. The standard InChI is InChI=1S/C18H19NO4/c1-22-10-4-2-9(3-5-10)8-19-17(20)13-14(18(19)21)16-12-7-6-11(12)15(13)23-16/h2-5,11-16H,6-8H2,1H3/t11?,12?,13-,14+,15+,16-. The molecule has 0 aromatic heterocycles. The highest BCUT2D eigenvalue weighted by Crippen LogP contribution is 2.60. The van der Waals surface area contributed by atoms with E-state index in [1.54, 1.807) is 7.11 Å². The van der Waals surface area contributed by atoms with Gasteiger partial charge in [-0.3, -0.25) is 14.5 Å². The van der Waals surface area contributed by atoms with Crippen LogP contribution in [0.3, 0.4) is 0 Å². The summed E-state index contributed by atoms with van der Waals surface area (Å²) in [5.41, 5.74) is 0.948. The van der Waals surface area contributed by atoms with Gasteiger partial charge in [0.15, 0.2) is 0 Å². The van der Waals surface area contributed by atoms with Crippen LogP contribution in [0.25, 0.3) is 0 Å². The summed E-state index contributed by atoms with van der Waals surface area (Å²) in [6, 6.07) is 7.52. The van der Waals surface area contributed by atoms with Crippen molar-refractivity contribution in [3.05, 3.63) is 29.8 Å². The van der Waals surface area contributed by atoms with Crippen LogP contribution in [0, 0.1) is 23.7 Å². The number of carbonyl (C=O) groups is 2. The van der Waals surface area contributed by atoms with Crippen molar-refractivity contribution in [3.63, 3.8) is 0 Å². The lowest BCUT2D eigenvalue weighted by molar-refractivity contribution is -0.143. The number of carbonyl (C=O) groups excluding carboxylic acids is 2. The maximum Gasteiger partial charge on any atom is 0.236 e. The number of amides is 2. The van der Waals surface area contributed by atoms with E-state index in [9.17, 15) is 9.59 Å². The molecule has 3 aliphatic heterocycles. The van der Waals surface area contributed by atoms with Gasteiger partial charge in [-0.2, -0.15) is 0 Å². The molecule has 1 aromatic carbocycles. The summed E-state index contributed by atoms with van der Waals surface area (Å²) < 4.78 is 11.2. The number of rotatable bonds is 3. The zero-order valence-electron chi connectivity index (χ0n) is 13.0. The molecule has 2 bridgehead atoms. The summed E-state index contributed by atoms with van der Waals surface area (Å²) in [6.45, 7) is 0.351. The van der Waals surface area contributed by atoms with Gasteiger partial charge in [-0.1, -0.05) is 12.1 Å². The molecule has 1 saturated carbocycles. The van der Waals surface area contributed by atoms with Gasteiger partial charge in [0.1, 0.15) is 5.75 Å². The summed E-state index contributed by atoms with van der Waals surface area (Å²) in [6.07, 6.45) is 2.27. The zero-order chi connectivity index (χ0) is 15.7. The fraction of sp³-hybridized carbons (Fsp3) is 0.556. The lowest BCUT2D eigenvalue weighted by atomic mass is 9.60. The fourth-order valence-electron chi connectivity index (χ4n) is 4.99. The van der Waals surface area contributed by atoms with Gasteiger partial charge in [-0.25, -0.2) is 0 Å². The molecule has 2 unspecified atom stereocenters. The van der Waals surface area contributed by atoms with Crippen molar-refractivity contribution in [2.45, 2.75) is 31.6 Å². The number of hydrogen-bond acceptors (Lipinski definition) is 4. The van der Waals surface area contributed by atoms with Crippen LogP contribution in [0.4, 0.5) is 0 Å². The first-order valence-corrected chi connectivity index (χ1v) is 8.32. The molecule has 3 heterocycles. The van der Waals surface area contributed by atoms with E-state index in [4.69, 9.17) is 9.47 Å². The lowest BCUT2D eigenvalue weighted by Gasteiger charge is -2.40. The summed E-state index contributed by atoms with van der Waals surface area (Å²) in [5.74, 6) is 1.27. The Morgan fingerprint density at radius 3 is 2.09 bits per heavy atom. The first-order valence-electron chi connectivity index (χ1n) is 8.32. The molecule has 0 spiro atoms. The van der Waals surface area contributed by atoms with Crippen molar-refractivity contribution >= 4 is 11.8 Å². The number of benzene rings is 1. The third-order valence-corrected chi connectivity index (χ3v) is 6.24. The third kappa shape index (κ3) is 1.66. The summed E-state index contributed by atoms with van der Waals surface area (Å²) in [7, 11) is 1.62. The van der Waals surface area contributed by atoms with E-state index in [0.29, 0.717) is 18.4 Å². The van der Waals surface area contributed by atoms with Crippen molar-refractivity contribution < 1.29 is 19.1 Å². The number of fused-ring (bicyclic) bond motifs is 8. The molecule has 6 atom stereocenters. The van der Waals surface area contributed by atoms with Gasteiger partial charge >= 0.3 is 0 Å². The van der Waals surface area contributed by atoms with E-state index in [-0.39, 0.29) is 35.9 Å². The second kappa shape index (κ2) is 4.57. The highest BCUT2D eigenvalue weighted by atomic mass is 16.5. The molecule has 23 heavy (non-hydrogen) atoms. The van der Waals surface area contributed by atoms with Gasteiger partial charge in [0.2, 0.25) is 11.8 Å². The Morgan fingerprint density at radius 1 is 1.04 bits per heavy atom. The maximum atomic E-state index is 12.8. The zero-order valence-corrected chi connectivity index (χ0v) is 13.0. The molecule has 5 heteroatoms. The van der Waals surface area contributed by atoms with Gasteiger partial charge in [-0.05, 0) is 42.4 Å². The van der Waals surface area contributed by atoms with E-state index in [1.165, 1.54) is 4.90 Å². The summed E-state index contributed by atoms with van der Waals surface area (Å²) in [4.78, 5) is 27.0. The Labute approximate surface area is 134 Å². The van der Waals surface area contributed by atoms with Gasteiger partial charge < -0.3 is 9.47 Å². The van der Waals surface area contributed by atoms with E-state index in [0.717, 1.165) is 24.2 Å². The first-order chi connectivity index (χ1) is 11.2. The largest absolute Gasteiger partial charge is 0.497 e. The second-order valence-corrected chi connectivity index (χ2v) is 7.13. The van der Waals surface area contributed by atoms with Crippen LogP contribution in [0.2, 0.25) is 0 Å². The number of hydrogen-bond donors (Lipinski definition) is 0. The average Bonchev–Trinajstić information content (AvgIpc) is 3.09. The first kappa shape index (κ1) is 13.5. The number of imide groups is 1. The molecule has 1 aliphatic carbocycles. The van der Waals surface area contributed by atoms with Gasteiger partial charge in [-0.15, -0.1) is 0 Å². The SMILES string of the molecule is COc1ccc(CN2C(=O)[C@@H]3[C@H](C2=O)[C@@H]2O[C@H]3C3CCC32)cc1. The smallest absolute Gasteiger partial charge is 0.236 e. The van der Waals surface area contributed by atoms with Gasteiger partial charge in [0.05, 0.1) is 37.7 Å². The van der Waals surface area contributed by atoms with Crippen molar-refractivity contribution in [2.75, 3.05) is 7.11 Å². The second-order valence-electron chi connectivity index (χ2n) is 7.13. The molecule has 1 aromatic rings. The van der Waals surface area contributed by atoms with Crippen LogP contribution in [-0.2, 0) is 20.9 Å². The Balaban J connectivity index is 1.40. The predicted octanol–water partition coefficient (Wildman–Crippen LogP) is 1.60. The monoisotopic (exact) mass is 313 g/mol. The summed E-state index contributed by atoms with van der Waals surface area (Å²) >= 11 is 0. The lowest BCUT2D eigenvalue weighted by Crippen LogP contribution is -2.46. The van der Waals surface area contributed by atoms with E-state index < -0.39 is 0 Å². The van der Waals surface area contributed by atoms with Crippen LogP contribution in [0.1, 0.15) is 18.4 Å². The highest BCUT2D eigenvalue weighted by Gasteiger charge is 2.70. The molecular weight excluding hydrogens is 294 g/mol. The molecule has 5 rings (SSSR count). The Morgan fingerprint density at radius 2 is 1.61 bits per heavy atom. The Bertz CT molecular complexity index is 651. The highest BCUT2D eigenvalue weighted by molar-refractivity contribution is 6.06. The minimum atomic E-state index is -0.229. The maximum absolute atomic E-state index is 12.8. The molecule has 2 amide bonds. The van der Waals surface area contributed by atoms with E-state index in [1.807, 2.05) is 24.3 Å². The van der Waals surface area contributed by atoms with E-state index in [2.05, 4.69) is 0 Å². The number of likely N-dealkylation sites (tertiary alicyclic amines) is 1. The molecule has 3 saturated heterocycles. The van der Waals surface area contributed by atoms with Crippen LogP contribution in [0.5, 0.6) is 5.75 Å². The van der Waals surface area contributed by atoms with Crippen molar-refractivity contribution in [1.29, 1.82) is 0 Å². The quantitative estimate of drug-likeness (QED) is 0.796. The topological polar surface area (TPSA) is 55.8 Å². The Kier molecular flexibility index (Phi) is 2.69. The minimum Gasteiger partial charge on any atom is -0.497 e. The molecule has 0 N–H and O–H groups in total. The number of ether oxygens (including phenoxy) is 2. The number of nitrogens with zero attached hydrogens (tertiary/aromatic N) is 1. The van der Waals surface area contributed by atoms with Crippen LogP contribution in [0.15, 0.2) is 24.3 Å². The molecule has 4 fully saturated rings. The van der Waals surface area contributed by atoms with Crippen LogP contribution < -0.4 is 4.74 Å². The van der Waals surface area contributed by atoms with Crippen LogP contribution in [-0.4, -0.2) is 36.0 Å². The van der Waals surface area contributed by atoms with Crippen molar-refractivity contribution in [2.24, 2.45) is 23.7 Å².